The first kappa shape index (κ1) is 50.4. The Labute approximate surface area is 384 Å². The standard InChI is InChI=1S/C50H70N8O7/c1-9-30(3)24-43(59)57-28-39(26-41(57)48(63)52-32(5)35-18-13-11-14-19-35)54-46(61)37-22-17-23-38(25-37)47(62)55-40-27-42(49(64)53-33(6)36-20-15-12-16-21-36)58(29-40)50(65)44(31(4)10-2)56-45(60)34(7)51-8/h11-23,25,30-34,39-42,44,49,51,53,64H,9-10,24,26-29H2,1-8H3,(H,52,63)(H,54,61)(H,55,62)(H,56,60)/t30-,31-,32-,33-,34+,39+,40+,41+,42+,44+,49?/m1/s1. The van der Waals surface area contributed by atoms with E-state index >= 15 is 0 Å². The Morgan fingerprint density at radius 1 is 0.692 bits per heavy atom. The largest absolute Gasteiger partial charge is 0.376 e. The maximum Gasteiger partial charge on any atom is 0.251 e. The molecule has 0 aliphatic carbocycles. The number of amides is 6. The third kappa shape index (κ3) is 13.2. The molecule has 65 heavy (non-hydrogen) atoms. The van der Waals surface area contributed by atoms with Gasteiger partial charge in [0.2, 0.25) is 23.6 Å². The average molecular weight is 895 g/mol. The van der Waals surface area contributed by atoms with E-state index in [9.17, 15) is 33.9 Å². The van der Waals surface area contributed by atoms with Crippen molar-refractivity contribution in [2.24, 2.45) is 11.8 Å². The van der Waals surface area contributed by atoms with Gasteiger partial charge in [-0.3, -0.25) is 34.1 Å². The van der Waals surface area contributed by atoms with Gasteiger partial charge in [-0.05, 0) is 81.8 Å². The molecule has 352 valence electrons. The van der Waals surface area contributed by atoms with Gasteiger partial charge in [0.25, 0.3) is 11.8 Å². The summed E-state index contributed by atoms with van der Waals surface area (Å²) in [6, 6.07) is 20.9. The first-order chi connectivity index (χ1) is 31.0. The number of likely N-dealkylation sites (N-methyl/N-ethyl adjacent to an activating group) is 1. The van der Waals surface area contributed by atoms with Crippen molar-refractivity contribution in [3.63, 3.8) is 0 Å². The molecule has 0 saturated carbocycles. The van der Waals surface area contributed by atoms with Gasteiger partial charge in [0, 0.05) is 48.8 Å². The lowest BCUT2D eigenvalue weighted by atomic mass is 9.96. The number of rotatable bonds is 20. The molecule has 2 heterocycles. The molecule has 15 heteroatoms. The van der Waals surface area contributed by atoms with E-state index in [2.05, 4.69) is 31.9 Å². The number of likely N-dealkylation sites (tertiary alicyclic amines) is 2. The number of hydrogen-bond acceptors (Lipinski definition) is 9. The van der Waals surface area contributed by atoms with Crippen LogP contribution in [0.2, 0.25) is 0 Å². The number of aliphatic hydroxyl groups is 1. The number of nitrogens with one attached hydrogen (secondary N) is 6. The first-order valence-electron chi connectivity index (χ1n) is 23.2. The summed E-state index contributed by atoms with van der Waals surface area (Å²) in [7, 11) is 1.67. The maximum atomic E-state index is 14.5. The third-order valence-corrected chi connectivity index (χ3v) is 13.2. The molecule has 0 radical (unpaired) electrons. The molecule has 0 aromatic heterocycles. The topological polar surface area (TPSA) is 201 Å². The van der Waals surface area contributed by atoms with Gasteiger partial charge in [-0.1, -0.05) is 107 Å². The lowest BCUT2D eigenvalue weighted by Crippen LogP contribution is -2.58. The zero-order chi connectivity index (χ0) is 47.4. The van der Waals surface area contributed by atoms with Crippen molar-refractivity contribution in [2.45, 2.75) is 135 Å². The minimum atomic E-state index is -1.18. The summed E-state index contributed by atoms with van der Waals surface area (Å²) >= 11 is 0. The minimum absolute atomic E-state index is 0.0745. The van der Waals surface area contributed by atoms with Gasteiger partial charge in [-0.2, -0.15) is 0 Å². The highest BCUT2D eigenvalue weighted by atomic mass is 16.3. The summed E-state index contributed by atoms with van der Waals surface area (Å²) in [5.41, 5.74) is 2.31. The smallest absolute Gasteiger partial charge is 0.251 e. The van der Waals surface area contributed by atoms with Crippen LogP contribution in [0, 0.1) is 11.8 Å². The Morgan fingerprint density at radius 2 is 1.25 bits per heavy atom. The van der Waals surface area contributed by atoms with Gasteiger partial charge in [0.05, 0.1) is 18.1 Å². The molecular weight excluding hydrogens is 825 g/mol. The maximum absolute atomic E-state index is 14.5. The van der Waals surface area contributed by atoms with Crippen LogP contribution in [0.4, 0.5) is 0 Å². The summed E-state index contributed by atoms with van der Waals surface area (Å²) in [6.07, 6.45) is 0.970. The fraction of sp³-hybridized carbons (Fsp3) is 0.520. The number of benzene rings is 3. The minimum Gasteiger partial charge on any atom is -0.376 e. The van der Waals surface area contributed by atoms with E-state index in [1.54, 1.807) is 42.0 Å². The zero-order valence-electron chi connectivity index (χ0n) is 39.2. The molecule has 2 aliphatic heterocycles. The van der Waals surface area contributed by atoms with Crippen LogP contribution >= 0.6 is 0 Å². The highest BCUT2D eigenvalue weighted by Gasteiger charge is 2.44. The van der Waals surface area contributed by atoms with Crippen molar-refractivity contribution in [1.29, 1.82) is 0 Å². The van der Waals surface area contributed by atoms with Gasteiger partial charge >= 0.3 is 0 Å². The molecule has 15 nitrogen and oxygen atoms in total. The number of hydrogen-bond donors (Lipinski definition) is 7. The number of carbonyl (C=O) groups is 6. The van der Waals surface area contributed by atoms with Crippen LogP contribution in [-0.4, -0.2) is 113 Å². The molecule has 2 fully saturated rings. The number of aliphatic hydroxyl groups excluding tert-OH is 1. The van der Waals surface area contributed by atoms with E-state index in [4.69, 9.17) is 0 Å². The Balaban J connectivity index is 1.30. The number of carbonyl (C=O) groups excluding carboxylic acids is 6. The fourth-order valence-corrected chi connectivity index (χ4v) is 8.50. The lowest BCUT2D eigenvalue weighted by molar-refractivity contribution is -0.141. The number of nitrogens with zero attached hydrogens (tertiary/aromatic N) is 2. The molecule has 0 bridgehead atoms. The molecule has 2 saturated heterocycles. The quantitative estimate of drug-likeness (QED) is 0.0813. The van der Waals surface area contributed by atoms with E-state index in [1.807, 2.05) is 102 Å². The van der Waals surface area contributed by atoms with Gasteiger partial charge in [-0.25, -0.2) is 0 Å². The normalized spacial score (nSPS) is 21.6. The summed E-state index contributed by atoms with van der Waals surface area (Å²) in [5.74, 6) is -2.15. The van der Waals surface area contributed by atoms with Gasteiger partial charge in [0.15, 0.2) is 0 Å². The van der Waals surface area contributed by atoms with Crippen LogP contribution in [-0.2, 0) is 19.2 Å². The Bertz CT molecular complexity index is 2090. The Morgan fingerprint density at radius 3 is 1.80 bits per heavy atom. The summed E-state index contributed by atoms with van der Waals surface area (Å²) in [5, 5.41) is 29.9. The van der Waals surface area contributed by atoms with Crippen LogP contribution in [0.25, 0.3) is 0 Å². The molecule has 1 unspecified atom stereocenters. The van der Waals surface area contributed by atoms with Crippen molar-refractivity contribution in [3.05, 3.63) is 107 Å². The van der Waals surface area contributed by atoms with Crippen LogP contribution in [0.1, 0.15) is 124 Å². The Hall–Kier alpha value is -5.64. The SMILES string of the molecule is CC[C@@H](C)CC(=O)N1C[C@@H](NC(=O)c2cccc(C(=O)N[C@H]3C[C@@H](C(O)N[C@H](C)c4ccccc4)N(C(=O)[C@@H](NC(=O)[C@H](C)NC)[C@H](C)CC)C3)c2)C[C@H]1C(=O)N[C@H](C)c1ccccc1. The molecule has 2 aliphatic rings. The van der Waals surface area contributed by atoms with Crippen LogP contribution < -0.4 is 31.9 Å². The summed E-state index contributed by atoms with van der Waals surface area (Å²) < 4.78 is 0. The summed E-state index contributed by atoms with van der Waals surface area (Å²) in [4.78, 5) is 85.7. The van der Waals surface area contributed by atoms with Crippen molar-refractivity contribution in [1.82, 2.24) is 41.7 Å². The highest BCUT2D eigenvalue weighted by Crippen LogP contribution is 2.27. The van der Waals surface area contributed by atoms with Crippen molar-refractivity contribution >= 4 is 35.4 Å². The van der Waals surface area contributed by atoms with E-state index in [1.165, 1.54) is 6.07 Å². The van der Waals surface area contributed by atoms with Gasteiger partial charge in [0.1, 0.15) is 18.3 Å². The molecule has 11 atom stereocenters. The molecule has 3 aromatic carbocycles. The van der Waals surface area contributed by atoms with Gasteiger partial charge in [-0.15, -0.1) is 0 Å². The molecular formula is C50H70N8O7. The third-order valence-electron chi connectivity index (χ3n) is 13.2. The van der Waals surface area contributed by atoms with E-state index in [-0.39, 0.29) is 91.0 Å². The second-order valence-electron chi connectivity index (χ2n) is 18.0. The van der Waals surface area contributed by atoms with E-state index in [0.29, 0.717) is 6.42 Å². The molecule has 0 spiro atoms. The van der Waals surface area contributed by atoms with Crippen LogP contribution in [0.5, 0.6) is 0 Å². The molecule has 3 aromatic rings. The molecule has 6 amide bonds. The fourth-order valence-electron chi connectivity index (χ4n) is 8.50. The first-order valence-corrected chi connectivity index (χ1v) is 23.2. The average Bonchev–Trinajstić information content (AvgIpc) is 3.95. The van der Waals surface area contributed by atoms with Gasteiger partial charge < -0.3 is 41.5 Å². The second kappa shape index (κ2) is 23.5. The van der Waals surface area contributed by atoms with Crippen molar-refractivity contribution in [2.75, 3.05) is 20.1 Å². The predicted molar refractivity (Wildman–Crippen MR) is 250 cm³/mol. The van der Waals surface area contributed by atoms with Crippen LogP contribution in [0.3, 0.4) is 0 Å². The predicted octanol–water partition coefficient (Wildman–Crippen LogP) is 4.21. The molecule has 5 rings (SSSR count). The highest BCUT2D eigenvalue weighted by molar-refractivity contribution is 6.00. The summed E-state index contributed by atoms with van der Waals surface area (Å²) in [6.45, 7) is 13.6. The lowest BCUT2D eigenvalue weighted by Gasteiger charge is -2.35. The second-order valence-corrected chi connectivity index (χ2v) is 18.0. The van der Waals surface area contributed by atoms with E-state index in [0.717, 1.165) is 17.5 Å². The molecule has 7 N–H and O–H groups in total. The van der Waals surface area contributed by atoms with Crippen LogP contribution in [0.15, 0.2) is 84.9 Å². The monoisotopic (exact) mass is 895 g/mol. The van der Waals surface area contributed by atoms with Crippen molar-refractivity contribution in [3.8, 4) is 0 Å². The Kier molecular flexibility index (Phi) is 18.2. The van der Waals surface area contributed by atoms with Crippen molar-refractivity contribution < 1.29 is 33.9 Å². The zero-order valence-corrected chi connectivity index (χ0v) is 39.2. The van der Waals surface area contributed by atoms with E-state index < -0.39 is 54.3 Å².